The van der Waals surface area contributed by atoms with Crippen LogP contribution in [-0.4, -0.2) is 52.5 Å². The van der Waals surface area contributed by atoms with E-state index in [4.69, 9.17) is 16.3 Å². The molecule has 1 fully saturated rings. The van der Waals surface area contributed by atoms with Gasteiger partial charge in [-0.15, -0.1) is 0 Å². The van der Waals surface area contributed by atoms with Crippen LogP contribution in [-0.2, 0) is 9.53 Å². The van der Waals surface area contributed by atoms with Crippen LogP contribution in [0, 0.1) is 0 Å². The van der Waals surface area contributed by atoms with Crippen molar-refractivity contribution in [3.8, 4) is 0 Å². The number of nitrogens with one attached hydrogen (secondary N) is 1. The maximum Gasteiger partial charge on any atom is 0.330 e. The third-order valence-corrected chi connectivity index (χ3v) is 4.52. The van der Waals surface area contributed by atoms with Crippen LogP contribution in [0.5, 0.6) is 0 Å². The zero-order chi connectivity index (χ0) is 19.9. The summed E-state index contributed by atoms with van der Waals surface area (Å²) in [7, 11) is 0. The molecule has 1 atom stereocenters. The minimum atomic E-state index is -0.414. The smallest absolute Gasteiger partial charge is 0.330 e. The van der Waals surface area contributed by atoms with Gasteiger partial charge in [0.25, 0.3) is 5.91 Å². The molecule has 1 N–H and O–H groups in total. The molecule has 0 spiro atoms. The van der Waals surface area contributed by atoms with Crippen molar-refractivity contribution in [2.45, 2.75) is 19.4 Å². The summed E-state index contributed by atoms with van der Waals surface area (Å²) in [4.78, 5) is 34.2. The highest BCUT2D eigenvalue weighted by molar-refractivity contribution is 6.30. The van der Waals surface area contributed by atoms with Crippen LogP contribution in [0.1, 0.15) is 29.4 Å². The lowest BCUT2D eigenvalue weighted by molar-refractivity contribution is -0.137. The fourth-order valence-corrected chi connectivity index (χ4v) is 3.02. The summed E-state index contributed by atoms with van der Waals surface area (Å²) in [6.45, 7) is 3.34. The van der Waals surface area contributed by atoms with E-state index in [0.29, 0.717) is 41.8 Å². The van der Waals surface area contributed by atoms with E-state index in [1.54, 1.807) is 49.7 Å². The van der Waals surface area contributed by atoms with E-state index in [-0.39, 0.29) is 11.9 Å². The van der Waals surface area contributed by atoms with Gasteiger partial charge in [-0.2, -0.15) is 0 Å². The highest BCUT2D eigenvalue weighted by Crippen LogP contribution is 2.18. The number of carbonyl (C=O) groups excluding carboxylic acids is 2. The maximum absolute atomic E-state index is 12.6. The quantitative estimate of drug-likeness (QED) is 0.592. The fourth-order valence-electron chi connectivity index (χ4n) is 2.89. The molecule has 1 aliphatic heterocycles. The predicted octanol–water partition coefficient (Wildman–Crippen LogP) is 3.03. The van der Waals surface area contributed by atoms with Crippen LogP contribution in [0.3, 0.4) is 0 Å². The van der Waals surface area contributed by atoms with Crippen LogP contribution in [0.15, 0.2) is 42.7 Å². The van der Waals surface area contributed by atoms with Crippen molar-refractivity contribution in [1.29, 1.82) is 0 Å². The first-order valence-electron chi connectivity index (χ1n) is 9.03. The van der Waals surface area contributed by atoms with E-state index < -0.39 is 5.97 Å². The molecule has 1 aromatic carbocycles. The van der Waals surface area contributed by atoms with Crippen LogP contribution in [0.2, 0.25) is 5.02 Å². The Bertz CT molecular complexity index is 853. The van der Waals surface area contributed by atoms with E-state index in [1.165, 1.54) is 6.08 Å². The van der Waals surface area contributed by atoms with Crippen molar-refractivity contribution in [3.63, 3.8) is 0 Å². The molecular weight excluding hydrogens is 380 g/mol. The average molecular weight is 401 g/mol. The monoisotopic (exact) mass is 400 g/mol. The molecular formula is C20H21ClN4O3. The van der Waals surface area contributed by atoms with Crippen molar-refractivity contribution in [1.82, 2.24) is 14.9 Å². The van der Waals surface area contributed by atoms with Crippen LogP contribution in [0.4, 0.5) is 5.82 Å². The number of anilines is 1. The Hall–Kier alpha value is -2.93. The number of benzene rings is 1. The second kappa shape index (κ2) is 9.32. The second-order valence-electron chi connectivity index (χ2n) is 6.30. The van der Waals surface area contributed by atoms with Gasteiger partial charge < -0.3 is 15.0 Å². The molecule has 0 radical (unpaired) electrons. The number of hydrogen-bond acceptors (Lipinski definition) is 6. The van der Waals surface area contributed by atoms with Crippen molar-refractivity contribution < 1.29 is 14.3 Å². The van der Waals surface area contributed by atoms with Gasteiger partial charge in [0, 0.05) is 35.8 Å². The lowest BCUT2D eigenvalue weighted by atomic mass is 10.2. The van der Waals surface area contributed by atoms with E-state index in [2.05, 4.69) is 15.3 Å². The zero-order valence-corrected chi connectivity index (χ0v) is 16.2. The van der Waals surface area contributed by atoms with Crippen LogP contribution in [0.25, 0.3) is 6.08 Å². The lowest BCUT2D eigenvalue weighted by Gasteiger charge is -2.17. The Morgan fingerprint density at radius 3 is 2.75 bits per heavy atom. The number of likely N-dealkylation sites (tertiary alicyclic amines) is 1. The second-order valence-corrected chi connectivity index (χ2v) is 6.74. The Morgan fingerprint density at radius 2 is 2.07 bits per heavy atom. The van der Waals surface area contributed by atoms with Gasteiger partial charge in [0.05, 0.1) is 24.7 Å². The van der Waals surface area contributed by atoms with Gasteiger partial charge >= 0.3 is 5.97 Å². The Labute approximate surface area is 168 Å². The van der Waals surface area contributed by atoms with Crippen LogP contribution < -0.4 is 5.32 Å². The van der Waals surface area contributed by atoms with Gasteiger partial charge in [-0.05, 0) is 43.7 Å². The van der Waals surface area contributed by atoms with Crippen molar-refractivity contribution >= 4 is 35.4 Å². The molecule has 8 heteroatoms. The minimum Gasteiger partial charge on any atom is -0.463 e. The molecule has 0 aliphatic carbocycles. The molecule has 1 amide bonds. The molecule has 2 heterocycles. The molecule has 7 nitrogen and oxygen atoms in total. The largest absolute Gasteiger partial charge is 0.463 e. The van der Waals surface area contributed by atoms with Crippen LogP contribution >= 0.6 is 11.6 Å². The molecule has 0 bridgehead atoms. The van der Waals surface area contributed by atoms with Gasteiger partial charge in [0.1, 0.15) is 5.82 Å². The van der Waals surface area contributed by atoms with Gasteiger partial charge in [-0.1, -0.05) is 11.6 Å². The number of nitrogens with zero attached hydrogens (tertiary/aromatic N) is 3. The number of aromatic nitrogens is 2. The van der Waals surface area contributed by atoms with E-state index >= 15 is 0 Å². The summed E-state index contributed by atoms with van der Waals surface area (Å²) in [5.74, 6) is 0.202. The molecule has 1 aliphatic rings. The van der Waals surface area contributed by atoms with Gasteiger partial charge in [0.2, 0.25) is 0 Å². The fraction of sp³-hybridized carbons (Fsp3) is 0.300. The summed E-state index contributed by atoms with van der Waals surface area (Å²) < 4.78 is 4.82. The zero-order valence-electron chi connectivity index (χ0n) is 15.5. The maximum atomic E-state index is 12.6. The summed E-state index contributed by atoms with van der Waals surface area (Å²) in [5, 5.41) is 3.90. The summed E-state index contributed by atoms with van der Waals surface area (Å²) >= 11 is 5.87. The normalized spacial score (nSPS) is 16.4. The van der Waals surface area contributed by atoms with Crippen molar-refractivity contribution in [3.05, 3.63) is 59.0 Å². The van der Waals surface area contributed by atoms with E-state index in [0.717, 1.165) is 6.42 Å². The first kappa shape index (κ1) is 19.8. The molecule has 28 heavy (non-hydrogen) atoms. The predicted molar refractivity (Wildman–Crippen MR) is 107 cm³/mol. The van der Waals surface area contributed by atoms with Gasteiger partial charge in [-0.25, -0.2) is 9.78 Å². The number of halogens is 1. The molecule has 0 saturated carbocycles. The highest BCUT2D eigenvalue weighted by atomic mass is 35.5. The number of hydrogen-bond donors (Lipinski definition) is 1. The van der Waals surface area contributed by atoms with Gasteiger partial charge in [-0.3, -0.25) is 9.78 Å². The molecule has 3 rings (SSSR count). The first-order valence-corrected chi connectivity index (χ1v) is 9.41. The third-order valence-electron chi connectivity index (χ3n) is 4.27. The lowest BCUT2D eigenvalue weighted by Crippen LogP contribution is -2.31. The topological polar surface area (TPSA) is 84.4 Å². The Kier molecular flexibility index (Phi) is 6.60. The summed E-state index contributed by atoms with van der Waals surface area (Å²) in [6.07, 6.45) is 6.87. The third kappa shape index (κ3) is 5.29. The molecule has 2 aromatic rings. The molecule has 0 unspecified atom stereocenters. The summed E-state index contributed by atoms with van der Waals surface area (Å²) in [6, 6.07) is 7.01. The van der Waals surface area contributed by atoms with Gasteiger partial charge in [0.15, 0.2) is 0 Å². The van der Waals surface area contributed by atoms with E-state index in [1.807, 2.05) is 4.90 Å². The van der Waals surface area contributed by atoms with E-state index in [9.17, 15) is 9.59 Å². The molecule has 146 valence electrons. The number of carbonyl (C=O) groups is 2. The summed E-state index contributed by atoms with van der Waals surface area (Å²) in [5.41, 5.74) is 1.19. The number of amides is 1. The molecule has 1 saturated heterocycles. The Balaban J connectivity index is 1.53. The average Bonchev–Trinajstić information content (AvgIpc) is 3.16. The minimum absolute atomic E-state index is 0.00787. The first-order chi connectivity index (χ1) is 13.5. The number of esters is 1. The molecule has 1 aromatic heterocycles. The Morgan fingerprint density at radius 1 is 1.29 bits per heavy atom. The SMILES string of the molecule is CCOC(=O)C=Cc1cnc(N[C@@H]2CCN(C(=O)c3ccc(Cl)cc3)C2)cn1. The number of ether oxygens (including phenoxy) is 1. The number of rotatable bonds is 6. The standard InChI is InChI=1S/C20H21ClN4O3/c1-2-28-19(26)8-7-16-11-23-18(12-22-16)24-17-9-10-25(13-17)20(27)14-3-5-15(21)6-4-14/h3-8,11-12,17H,2,9-10,13H2,1H3,(H,23,24)/t17-/m1/s1. The van der Waals surface area contributed by atoms with Crippen molar-refractivity contribution in [2.75, 3.05) is 25.0 Å². The van der Waals surface area contributed by atoms with Crippen molar-refractivity contribution in [2.24, 2.45) is 0 Å². The highest BCUT2D eigenvalue weighted by Gasteiger charge is 2.27.